The smallest absolute Gasteiger partial charge is 0.328 e. The van der Waals surface area contributed by atoms with E-state index in [1.807, 2.05) is 32.2 Å². The number of hydrogen-bond donors (Lipinski definition) is 5. The van der Waals surface area contributed by atoms with Crippen LogP contribution in [0.1, 0.15) is 44.9 Å². The van der Waals surface area contributed by atoms with Gasteiger partial charge in [-0.05, 0) is 31.8 Å². The zero-order valence-corrected chi connectivity index (χ0v) is 21.8. The Morgan fingerprint density at radius 1 is 1.26 bits per heavy atom. The number of hydrogen-bond acceptors (Lipinski definition) is 8. The Morgan fingerprint density at radius 3 is 2.49 bits per heavy atom. The topological polar surface area (TPSA) is 157 Å². The van der Waals surface area contributed by atoms with E-state index in [0.717, 1.165) is 56.9 Å². The summed E-state index contributed by atoms with van der Waals surface area (Å²) in [5.41, 5.74) is 11.1. The maximum atomic E-state index is 12.6. The molecule has 2 aromatic rings. The van der Waals surface area contributed by atoms with Gasteiger partial charge in [0.2, 0.25) is 0 Å². The van der Waals surface area contributed by atoms with Crippen molar-refractivity contribution in [2.24, 2.45) is 16.5 Å². The van der Waals surface area contributed by atoms with Crippen LogP contribution in [0, 0.1) is 5.41 Å². The maximum absolute atomic E-state index is 12.6. The van der Waals surface area contributed by atoms with E-state index in [1.165, 1.54) is 7.05 Å². The molecule has 0 saturated carbocycles. The number of imidazole rings is 1. The number of pyridine rings is 1. The molecule has 0 unspecified atom stereocenters. The molecule has 0 bridgehead atoms. The average molecular weight is 489 g/mol. The maximum Gasteiger partial charge on any atom is 0.328 e. The van der Waals surface area contributed by atoms with Crippen LogP contribution in [-0.2, 0) is 6.54 Å². The van der Waals surface area contributed by atoms with Crippen LogP contribution in [-0.4, -0.2) is 84.8 Å². The van der Waals surface area contributed by atoms with E-state index in [9.17, 15) is 4.79 Å². The van der Waals surface area contributed by atoms with E-state index in [0.29, 0.717) is 31.1 Å². The van der Waals surface area contributed by atoms with E-state index in [2.05, 4.69) is 49.5 Å². The minimum Gasteiger partial charge on any atom is -0.369 e. The average Bonchev–Trinajstić information content (AvgIpc) is 3.22. The summed E-state index contributed by atoms with van der Waals surface area (Å²) in [7, 11) is 1.50. The molecule has 2 aromatic heterocycles. The van der Waals surface area contributed by atoms with Crippen LogP contribution in [0.4, 0.5) is 11.6 Å². The van der Waals surface area contributed by atoms with E-state index in [4.69, 9.17) is 11.1 Å². The lowest BCUT2D eigenvalue weighted by atomic mass is 10.2. The second kappa shape index (κ2) is 16.6. The summed E-state index contributed by atoms with van der Waals surface area (Å²) in [5, 5.41) is 11.3. The van der Waals surface area contributed by atoms with Crippen molar-refractivity contribution in [2.75, 3.05) is 63.1 Å². The van der Waals surface area contributed by atoms with Gasteiger partial charge < -0.3 is 26.7 Å². The first kappa shape index (κ1) is 30.0. The fourth-order valence-corrected chi connectivity index (χ4v) is 3.70. The van der Waals surface area contributed by atoms with Crippen molar-refractivity contribution in [1.29, 1.82) is 5.41 Å². The quantitative estimate of drug-likeness (QED) is 0.193. The molecule has 7 N–H and O–H groups in total. The lowest BCUT2D eigenvalue weighted by molar-refractivity contribution is 0.264. The van der Waals surface area contributed by atoms with Crippen molar-refractivity contribution in [3.8, 4) is 0 Å². The Balaban J connectivity index is 0.00000145. The second-order valence-electron chi connectivity index (χ2n) is 7.67. The van der Waals surface area contributed by atoms with Gasteiger partial charge in [0.25, 0.3) is 0 Å². The number of rotatable bonds is 10. The van der Waals surface area contributed by atoms with E-state index >= 15 is 0 Å². The molecule has 35 heavy (non-hydrogen) atoms. The molecule has 0 amide bonds. The number of amidine groups is 1. The Kier molecular flexibility index (Phi) is 14.2. The molecule has 11 heteroatoms. The third kappa shape index (κ3) is 8.61. The van der Waals surface area contributed by atoms with Crippen LogP contribution >= 0.6 is 0 Å². The standard InChI is InChI=1S/C21H33N9O.C2H6.CH5N/c1-3-4-8-25-20-18(19(23)24-2)27-21(31)30(20)15-16-5-6-17(26-14-16)29-12-10-28(9-7-22)11-13-29;2*1-2/h5-6,14,23,25H,2-4,7-13,15,22H2,1H3,(H,27,31);1-2H3;2H2,1H3. The molecule has 0 aliphatic carbocycles. The van der Waals surface area contributed by atoms with Gasteiger partial charge >= 0.3 is 5.69 Å². The molecule has 1 aliphatic rings. The molecule has 1 fully saturated rings. The number of nitrogens with zero attached hydrogens (tertiary/aromatic N) is 5. The number of aliphatic imine (C=N–C) groups is 1. The number of piperazine rings is 1. The Bertz CT molecular complexity index is 927. The fraction of sp³-hybridized carbons (Fsp3) is 0.583. The van der Waals surface area contributed by atoms with Crippen molar-refractivity contribution in [1.82, 2.24) is 19.4 Å². The van der Waals surface area contributed by atoms with Crippen LogP contribution in [0.3, 0.4) is 0 Å². The third-order valence-electron chi connectivity index (χ3n) is 5.49. The van der Waals surface area contributed by atoms with Gasteiger partial charge in [-0.2, -0.15) is 0 Å². The van der Waals surface area contributed by atoms with E-state index in [-0.39, 0.29) is 11.5 Å². The first-order valence-electron chi connectivity index (χ1n) is 12.4. The van der Waals surface area contributed by atoms with Gasteiger partial charge in [-0.15, -0.1) is 0 Å². The van der Waals surface area contributed by atoms with Crippen molar-refractivity contribution in [2.45, 2.75) is 40.2 Å². The number of aromatic amines is 1. The summed E-state index contributed by atoms with van der Waals surface area (Å²) in [4.78, 5) is 28.3. The van der Waals surface area contributed by atoms with Crippen LogP contribution < -0.4 is 27.4 Å². The number of anilines is 2. The highest BCUT2D eigenvalue weighted by Gasteiger charge is 2.19. The molecule has 196 valence electrons. The van der Waals surface area contributed by atoms with Crippen molar-refractivity contribution < 1.29 is 0 Å². The molecular formula is C24H44N10O. The first-order chi connectivity index (χ1) is 17.1. The summed E-state index contributed by atoms with van der Waals surface area (Å²) in [6.45, 7) is 16.0. The predicted molar refractivity (Wildman–Crippen MR) is 147 cm³/mol. The number of H-pyrrole nitrogens is 1. The second-order valence-corrected chi connectivity index (χ2v) is 7.67. The van der Waals surface area contributed by atoms with Crippen molar-refractivity contribution in [3.05, 3.63) is 40.1 Å². The number of nitrogens with two attached hydrogens (primary N) is 2. The molecule has 3 heterocycles. The zero-order valence-electron chi connectivity index (χ0n) is 21.8. The molecular weight excluding hydrogens is 444 g/mol. The molecule has 0 spiro atoms. The van der Waals surface area contributed by atoms with Crippen LogP contribution in [0.25, 0.3) is 0 Å². The molecule has 11 nitrogen and oxygen atoms in total. The first-order valence-corrected chi connectivity index (χ1v) is 12.4. The van der Waals surface area contributed by atoms with Gasteiger partial charge in [-0.1, -0.05) is 33.3 Å². The molecule has 0 aromatic carbocycles. The Labute approximate surface area is 209 Å². The summed E-state index contributed by atoms with van der Waals surface area (Å²) in [6.07, 6.45) is 3.80. The molecule has 1 aliphatic heterocycles. The molecule has 0 atom stereocenters. The highest BCUT2D eigenvalue weighted by Crippen LogP contribution is 2.18. The SMILES string of the molecule is C=NC(=N)c1[nH]c(=O)n(Cc2ccc(N3CCN(CCN)CC3)nc2)c1NCCCC.CC.CN. The largest absolute Gasteiger partial charge is 0.369 e. The number of unbranched alkanes of at least 4 members (excludes halogenated alkanes) is 1. The normalized spacial score (nSPS) is 13.3. The van der Waals surface area contributed by atoms with Crippen molar-refractivity contribution >= 4 is 24.2 Å². The van der Waals surface area contributed by atoms with Gasteiger partial charge in [0.05, 0.1) is 6.54 Å². The summed E-state index contributed by atoms with van der Waals surface area (Å²) in [6, 6.07) is 4.00. The Hall–Kier alpha value is -3.02. The predicted octanol–water partition coefficient (Wildman–Crippen LogP) is 1.54. The highest BCUT2D eigenvalue weighted by atomic mass is 16.1. The lowest BCUT2D eigenvalue weighted by Gasteiger charge is -2.35. The highest BCUT2D eigenvalue weighted by molar-refractivity contribution is 6.01. The monoisotopic (exact) mass is 488 g/mol. The van der Waals surface area contributed by atoms with Crippen LogP contribution in [0.5, 0.6) is 0 Å². The molecule has 0 radical (unpaired) electrons. The van der Waals surface area contributed by atoms with Gasteiger partial charge in [-0.3, -0.25) is 14.9 Å². The van der Waals surface area contributed by atoms with Crippen LogP contribution in [0.2, 0.25) is 0 Å². The summed E-state index contributed by atoms with van der Waals surface area (Å²) < 4.78 is 1.59. The number of nitrogens with one attached hydrogen (secondary N) is 3. The lowest BCUT2D eigenvalue weighted by Crippen LogP contribution is -2.48. The third-order valence-corrected chi connectivity index (χ3v) is 5.49. The Morgan fingerprint density at radius 2 is 1.94 bits per heavy atom. The summed E-state index contributed by atoms with van der Waals surface area (Å²) in [5.74, 6) is 1.45. The van der Waals surface area contributed by atoms with Gasteiger partial charge in [0.1, 0.15) is 17.3 Å². The van der Waals surface area contributed by atoms with E-state index in [1.54, 1.807) is 4.57 Å². The minimum atomic E-state index is -0.289. The zero-order chi connectivity index (χ0) is 26.2. The van der Waals surface area contributed by atoms with Gasteiger partial charge in [-0.25, -0.2) is 14.8 Å². The number of aromatic nitrogens is 3. The summed E-state index contributed by atoms with van der Waals surface area (Å²) >= 11 is 0. The van der Waals surface area contributed by atoms with Gasteiger partial charge in [0.15, 0.2) is 5.84 Å². The van der Waals surface area contributed by atoms with E-state index < -0.39 is 0 Å². The molecule has 1 saturated heterocycles. The van der Waals surface area contributed by atoms with Crippen LogP contribution in [0.15, 0.2) is 28.1 Å². The van der Waals surface area contributed by atoms with Crippen molar-refractivity contribution in [3.63, 3.8) is 0 Å². The molecule has 3 rings (SSSR count). The fourth-order valence-electron chi connectivity index (χ4n) is 3.70. The minimum absolute atomic E-state index is 0.0582. The van der Waals surface area contributed by atoms with Gasteiger partial charge in [0, 0.05) is 52.0 Å².